The zero-order valence-corrected chi connectivity index (χ0v) is 14.3. The average molecular weight is 342 g/mol. The van der Waals surface area contributed by atoms with Crippen LogP contribution in [0.5, 0.6) is 5.75 Å². The quantitative estimate of drug-likeness (QED) is 0.922. The van der Waals surface area contributed by atoms with Gasteiger partial charge in [-0.25, -0.2) is 4.68 Å². The van der Waals surface area contributed by atoms with Gasteiger partial charge in [0.2, 0.25) is 0 Å². The van der Waals surface area contributed by atoms with Crippen LogP contribution in [-0.4, -0.2) is 34.1 Å². The Hall–Kier alpha value is -2.41. The minimum Gasteiger partial charge on any atom is -0.497 e. The van der Waals surface area contributed by atoms with E-state index in [2.05, 4.69) is 15.6 Å². The highest BCUT2D eigenvalue weighted by Crippen LogP contribution is 2.28. The number of ether oxygens (including phenoxy) is 2. The van der Waals surface area contributed by atoms with Crippen molar-refractivity contribution in [2.45, 2.75) is 51.0 Å². The molecule has 25 heavy (non-hydrogen) atoms. The molecule has 1 aromatic heterocycles. The molecule has 7 nitrogen and oxygen atoms in total. The van der Waals surface area contributed by atoms with E-state index in [1.165, 1.54) is 12.8 Å². The summed E-state index contributed by atoms with van der Waals surface area (Å²) >= 11 is 0. The maximum absolute atomic E-state index is 12.5. The van der Waals surface area contributed by atoms with Crippen molar-refractivity contribution in [2.24, 2.45) is 0 Å². The predicted octanol–water partition coefficient (Wildman–Crippen LogP) is 2.23. The summed E-state index contributed by atoms with van der Waals surface area (Å²) < 4.78 is 12.9. The molecule has 0 bridgehead atoms. The van der Waals surface area contributed by atoms with Gasteiger partial charge in [-0.05, 0) is 30.5 Å². The first-order valence-corrected chi connectivity index (χ1v) is 8.73. The lowest BCUT2D eigenvalue weighted by Crippen LogP contribution is -2.34. The van der Waals surface area contributed by atoms with Gasteiger partial charge in [-0.15, -0.1) is 5.10 Å². The predicted molar refractivity (Wildman–Crippen MR) is 90.3 cm³/mol. The zero-order valence-electron chi connectivity index (χ0n) is 14.3. The summed E-state index contributed by atoms with van der Waals surface area (Å²) in [5.41, 5.74) is 2.19. The van der Waals surface area contributed by atoms with Crippen LogP contribution in [0.15, 0.2) is 24.3 Å². The van der Waals surface area contributed by atoms with Crippen LogP contribution in [0.25, 0.3) is 0 Å². The number of benzene rings is 1. The van der Waals surface area contributed by atoms with Gasteiger partial charge in [-0.1, -0.05) is 30.2 Å². The molecule has 2 heterocycles. The fourth-order valence-corrected chi connectivity index (χ4v) is 3.53. The number of carbonyl (C=O) groups is 1. The highest BCUT2D eigenvalue weighted by Gasteiger charge is 2.29. The van der Waals surface area contributed by atoms with E-state index in [0.717, 1.165) is 29.8 Å². The normalized spacial score (nSPS) is 20.3. The second-order valence-electron chi connectivity index (χ2n) is 6.59. The Morgan fingerprint density at radius 3 is 2.76 bits per heavy atom. The van der Waals surface area contributed by atoms with Crippen molar-refractivity contribution in [2.75, 3.05) is 7.11 Å². The Bertz CT molecular complexity index is 750. The monoisotopic (exact) mass is 342 g/mol. The van der Waals surface area contributed by atoms with Gasteiger partial charge >= 0.3 is 0 Å². The molecular formula is C18H22N4O3. The number of hydrogen-bond acceptors (Lipinski definition) is 5. The van der Waals surface area contributed by atoms with Crippen molar-refractivity contribution in [3.63, 3.8) is 0 Å². The van der Waals surface area contributed by atoms with Gasteiger partial charge in [0.1, 0.15) is 11.9 Å². The van der Waals surface area contributed by atoms with Crippen LogP contribution < -0.4 is 10.1 Å². The smallest absolute Gasteiger partial charge is 0.274 e. The van der Waals surface area contributed by atoms with Crippen molar-refractivity contribution in [1.29, 1.82) is 0 Å². The molecule has 1 aliphatic carbocycles. The molecule has 0 radical (unpaired) electrons. The van der Waals surface area contributed by atoms with Crippen molar-refractivity contribution >= 4 is 5.91 Å². The lowest BCUT2D eigenvalue weighted by atomic mass is 10.1. The van der Waals surface area contributed by atoms with Gasteiger partial charge in [0.05, 0.1) is 26.0 Å². The molecule has 0 unspecified atom stereocenters. The average Bonchev–Trinajstić information content (AvgIpc) is 3.30. The molecule has 1 saturated carbocycles. The molecule has 1 N–H and O–H groups in total. The number of methoxy groups -OCH3 is 1. The highest BCUT2D eigenvalue weighted by atomic mass is 16.5. The Labute approximate surface area is 146 Å². The van der Waals surface area contributed by atoms with Crippen LogP contribution in [0.2, 0.25) is 0 Å². The minimum absolute atomic E-state index is 0.106. The van der Waals surface area contributed by atoms with E-state index in [1.54, 1.807) is 11.8 Å². The number of carbonyl (C=O) groups excluding carboxylic acids is 1. The third-order valence-electron chi connectivity index (χ3n) is 4.99. The maximum atomic E-state index is 12.5. The fourth-order valence-electron chi connectivity index (χ4n) is 3.53. The van der Waals surface area contributed by atoms with Crippen LogP contribution in [0, 0.1) is 0 Å². The molecule has 1 aliphatic heterocycles. The molecule has 1 fully saturated rings. The summed E-state index contributed by atoms with van der Waals surface area (Å²) in [7, 11) is 1.64. The summed E-state index contributed by atoms with van der Waals surface area (Å²) in [6.07, 6.45) is 4.34. The molecule has 132 valence electrons. The number of hydrogen-bond donors (Lipinski definition) is 1. The Kier molecular flexibility index (Phi) is 4.40. The number of nitrogens with one attached hydrogen (secondary N) is 1. The Morgan fingerprint density at radius 2 is 2.04 bits per heavy atom. The molecule has 0 saturated heterocycles. The van der Waals surface area contributed by atoms with Crippen LogP contribution in [0.1, 0.15) is 53.5 Å². The first-order valence-electron chi connectivity index (χ1n) is 8.73. The minimum atomic E-state index is -0.139. The molecule has 1 atom stereocenters. The van der Waals surface area contributed by atoms with Crippen molar-refractivity contribution < 1.29 is 14.3 Å². The first-order chi connectivity index (χ1) is 12.2. The standard InChI is InChI=1S/C18H22N4O3/c1-24-14-8-6-12(7-9-14)16-10-22-15(11-25-16)17(20-21-22)18(23)19-13-4-2-3-5-13/h6-9,13,16H,2-5,10-11H2,1H3,(H,19,23)/t16-/m0/s1. The largest absolute Gasteiger partial charge is 0.497 e. The van der Waals surface area contributed by atoms with E-state index < -0.39 is 0 Å². The van der Waals surface area contributed by atoms with Gasteiger partial charge in [0, 0.05) is 6.04 Å². The summed E-state index contributed by atoms with van der Waals surface area (Å²) in [6.45, 7) is 0.877. The summed E-state index contributed by atoms with van der Waals surface area (Å²) in [6, 6.07) is 8.06. The van der Waals surface area contributed by atoms with Gasteiger partial charge in [-0.2, -0.15) is 0 Å². The number of rotatable bonds is 4. The molecule has 0 spiro atoms. The van der Waals surface area contributed by atoms with Crippen molar-refractivity contribution in [3.8, 4) is 5.75 Å². The number of nitrogens with zero attached hydrogens (tertiary/aromatic N) is 3. The molecule has 2 aliphatic rings. The topological polar surface area (TPSA) is 78.3 Å². The fraction of sp³-hybridized carbons (Fsp3) is 0.500. The molecule has 1 amide bonds. The molecular weight excluding hydrogens is 320 g/mol. The van der Waals surface area contributed by atoms with Crippen LogP contribution in [-0.2, 0) is 17.9 Å². The van der Waals surface area contributed by atoms with Gasteiger partial charge in [-0.3, -0.25) is 4.79 Å². The molecule has 1 aromatic carbocycles. The van der Waals surface area contributed by atoms with E-state index >= 15 is 0 Å². The van der Waals surface area contributed by atoms with Crippen LogP contribution in [0.3, 0.4) is 0 Å². The van der Waals surface area contributed by atoms with Gasteiger partial charge in [0.15, 0.2) is 5.69 Å². The summed E-state index contributed by atoms with van der Waals surface area (Å²) in [5, 5.41) is 11.3. The van der Waals surface area contributed by atoms with E-state index in [4.69, 9.17) is 9.47 Å². The third kappa shape index (κ3) is 3.24. The summed E-state index contributed by atoms with van der Waals surface area (Å²) in [4.78, 5) is 12.5. The third-order valence-corrected chi connectivity index (χ3v) is 4.99. The molecule has 7 heteroatoms. The summed E-state index contributed by atoms with van der Waals surface area (Å²) in [5.74, 6) is 0.673. The van der Waals surface area contributed by atoms with Gasteiger partial charge < -0.3 is 14.8 Å². The van der Waals surface area contributed by atoms with Crippen LogP contribution in [0.4, 0.5) is 0 Å². The SMILES string of the molecule is COc1ccc([C@@H]2Cn3nnc(C(=O)NC4CCCC4)c3CO2)cc1. The molecule has 2 aromatic rings. The van der Waals surface area contributed by atoms with E-state index in [1.807, 2.05) is 24.3 Å². The zero-order chi connectivity index (χ0) is 17.2. The van der Waals surface area contributed by atoms with Crippen molar-refractivity contribution in [3.05, 3.63) is 41.2 Å². The van der Waals surface area contributed by atoms with Crippen molar-refractivity contribution in [1.82, 2.24) is 20.3 Å². The number of aromatic nitrogens is 3. The van der Waals surface area contributed by atoms with Crippen LogP contribution >= 0.6 is 0 Å². The second kappa shape index (κ2) is 6.84. The number of amides is 1. The van der Waals surface area contributed by atoms with E-state index in [-0.39, 0.29) is 18.1 Å². The van der Waals surface area contributed by atoms with E-state index in [0.29, 0.717) is 18.8 Å². The maximum Gasteiger partial charge on any atom is 0.274 e. The molecule has 4 rings (SSSR count). The Balaban J connectivity index is 1.47. The van der Waals surface area contributed by atoms with Gasteiger partial charge in [0.25, 0.3) is 5.91 Å². The van der Waals surface area contributed by atoms with E-state index in [9.17, 15) is 4.79 Å². The Morgan fingerprint density at radius 1 is 1.28 bits per heavy atom. The lowest BCUT2D eigenvalue weighted by molar-refractivity contribution is -0.00180. The first kappa shape index (κ1) is 16.1. The lowest BCUT2D eigenvalue weighted by Gasteiger charge is -2.24. The number of fused-ring (bicyclic) bond motifs is 1. The highest BCUT2D eigenvalue weighted by molar-refractivity contribution is 5.93. The second-order valence-corrected chi connectivity index (χ2v) is 6.59.